The first-order chi connectivity index (χ1) is 15.5. The summed E-state index contributed by atoms with van der Waals surface area (Å²) in [5, 5.41) is 17.7. The minimum Gasteiger partial charge on any atom is -0.299 e. The van der Waals surface area contributed by atoms with Crippen LogP contribution in [0, 0.1) is 22.7 Å². The highest BCUT2D eigenvalue weighted by atomic mass is 16.2. The maximum atomic E-state index is 11.7. The molecule has 2 heterocycles. The smallest absolute Gasteiger partial charge is 0.299 e. The van der Waals surface area contributed by atoms with Crippen LogP contribution in [-0.4, -0.2) is 19.1 Å². The van der Waals surface area contributed by atoms with Gasteiger partial charge in [0.05, 0.1) is 0 Å². The number of rotatable bonds is 13. The molecular formula is C22H28N6O4. The van der Waals surface area contributed by atoms with E-state index in [2.05, 4.69) is 9.97 Å². The van der Waals surface area contributed by atoms with Gasteiger partial charge in [-0.2, -0.15) is 10.5 Å². The first kappa shape index (κ1) is 24.6. The maximum absolute atomic E-state index is 11.7. The molecule has 0 atom stereocenters. The van der Waals surface area contributed by atoms with Gasteiger partial charge in [0.15, 0.2) is 0 Å². The SMILES string of the molecule is N#Cc1cn(CCCCCCCCCCCCn2cc(C#N)c(=O)[nH]c2=O)c(=O)[nH]c1=O. The Morgan fingerprint density at radius 1 is 0.594 bits per heavy atom. The summed E-state index contributed by atoms with van der Waals surface area (Å²) >= 11 is 0. The largest absolute Gasteiger partial charge is 0.328 e. The third-order valence-electron chi connectivity index (χ3n) is 5.31. The number of nitrogens with one attached hydrogen (secondary N) is 2. The van der Waals surface area contributed by atoms with Gasteiger partial charge in [0.1, 0.15) is 23.3 Å². The van der Waals surface area contributed by atoms with Gasteiger partial charge in [0.25, 0.3) is 11.1 Å². The van der Waals surface area contributed by atoms with Gasteiger partial charge in [0, 0.05) is 25.5 Å². The van der Waals surface area contributed by atoms with Crippen molar-refractivity contribution in [3.8, 4) is 12.1 Å². The number of aryl methyl sites for hydroxylation is 2. The molecule has 0 saturated heterocycles. The lowest BCUT2D eigenvalue weighted by atomic mass is 10.1. The average molecular weight is 441 g/mol. The molecule has 32 heavy (non-hydrogen) atoms. The van der Waals surface area contributed by atoms with Crippen molar-refractivity contribution in [1.82, 2.24) is 19.1 Å². The van der Waals surface area contributed by atoms with Gasteiger partial charge in [-0.3, -0.25) is 28.7 Å². The van der Waals surface area contributed by atoms with Gasteiger partial charge in [-0.05, 0) is 12.8 Å². The number of nitrogens with zero attached hydrogens (tertiary/aromatic N) is 4. The molecule has 10 nitrogen and oxygen atoms in total. The fourth-order valence-electron chi connectivity index (χ4n) is 3.49. The summed E-state index contributed by atoms with van der Waals surface area (Å²) in [4.78, 5) is 50.5. The lowest BCUT2D eigenvalue weighted by Crippen LogP contribution is -2.31. The summed E-state index contributed by atoms with van der Waals surface area (Å²) < 4.78 is 2.75. The van der Waals surface area contributed by atoms with E-state index in [9.17, 15) is 19.2 Å². The number of nitriles is 2. The van der Waals surface area contributed by atoms with E-state index < -0.39 is 22.5 Å². The molecule has 0 aliphatic heterocycles. The lowest BCUT2D eigenvalue weighted by molar-refractivity contribution is 0.512. The minimum absolute atomic E-state index is 0.0534. The Balaban J connectivity index is 1.51. The highest BCUT2D eigenvalue weighted by Gasteiger charge is 2.04. The summed E-state index contributed by atoms with van der Waals surface area (Å²) in [7, 11) is 0. The Morgan fingerprint density at radius 2 is 0.906 bits per heavy atom. The van der Waals surface area contributed by atoms with E-state index in [-0.39, 0.29) is 11.1 Å². The fourth-order valence-corrected chi connectivity index (χ4v) is 3.49. The van der Waals surface area contributed by atoms with Crippen molar-refractivity contribution in [1.29, 1.82) is 10.5 Å². The molecule has 0 spiro atoms. The molecule has 0 aliphatic rings. The van der Waals surface area contributed by atoms with Gasteiger partial charge in [-0.15, -0.1) is 0 Å². The Morgan fingerprint density at radius 3 is 1.22 bits per heavy atom. The zero-order valence-electron chi connectivity index (χ0n) is 18.1. The molecule has 0 fully saturated rings. The van der Waals surface area contributed by atoms with E-state index in [4.69, 9.17) is 10.5 Å². The van der Waals surface area contributed by atoms with Crippen LogP contribution in [0.2, 0.25) is 0 Å². The predicted molar refractivity (Wildman–Crippen MR) is 118 cm³/mol. The van der Waals surface area contributed by atoms with Crippen molar-refractivity contribution in [2.45, 2.75) is 77.3 Å². The van der Waals surface area contributed by atoms with Crippen LogP contribution in [0.25, 0.3) is 0 Å². The highest BCUT2D eigenvalue weighted by molar-refractivity contribution is 5.22. The third kappa shape index (κ3) is 7.55. The summed E-state index contributed by atoms with van der Waals surface area (Å²) in [5.41, 5.74) is -2.36. The quantitative estimate of drug-likeness (QED) is 0.452. The molecule has 0 aromatic carbocycles. The zero-order chi connectivity index (χ0) is 23.3. The molecule has 0 saturated carbocycles. The second kappa shape index (κ2) is 12.9. The van der Waals surface area contributed by atoms with Gasteiger partial charge >= 0.3 is 11.4 Å². The van der Waals surface area contributed by atoms with Crippen molar-refractivity contribution in [3.05, 3.63) is 65.2 Å². The van der Waals surface area contributed by atoms with Crippen LogP contribution in [0.4, 0.5) is 0 Å². The van der Waals surface area contributed by atoms with E-state index in [0.717, 1.165) is 64.2 Å². The number of H-pyrrole nitrogens is 2. The van der Waals surface area contributed by atoms with Crippen molar-refractivity contribution in [3.63, 3.8) is 0 Å². The molecule has 0 aliphatic carbocycles. The molecule has 0 radical (unpaired) electrons. The monoisotopic (exact) mass is 440 g/mol. The Hall–Kier alpha value is -3.66. The molecule has 2 rings (SSSR count). The van der Waals surface area contributed by atoms with Crippen LogP contribution in [0.3, 0.4) is 0 Å². The molecule has 2 aromatic rings. The fraction of sp³-hybridized carbons (Fsp3) is 0.545. The first-order valence-corrected chi connectivity index (χ1v) is 10.9. The number of aromatic nitrogens is 4. The molecule has 10 heteroatoms. The van der Waals surface area contributed by atoms with Gasteiger partial charge in [-0.1, -0.05) is 51.4 Å². The number of hydrogen-bond acceptors (Lipinski definition) is 6. The molecule has 0 amide bonds. The Bertz CT molecular complexity index is 1110. The number of unbranched alkanes of at least 4 members (excludes halogenated alkanes) is 9. The molecule has 2 N–H and O–H groups in total. The minimum atomic E-state index is -0.646. The highest BCUT2D eigenvalue weighted by Crippen LogP contribution is 2.11. The second-order valence-electron chi connectivity index (χ2n) is 7.75. The summed E-state index contributed by atoms with van der Waals surface area (Å²) in [6.07, 6.45) is 12.9. The van der Waals surface area contributed by atoms with Crippen LogP contribution >= 0.6 is 0 Å². The number of hydrogen-bond donors (Lipinski definition) is 2. The van der Waals surface area contributed by atoms with Crippen molar-refractivity contribution >= 4 is 0 Å². The molecule has 0 unspecified atom stereocenters. The van der Waals surface area contributed by atoms with Crippen LogP contribution in [0.15, 0.2) is 31.6 Å². The third-order valence-corrected chi connectivity index (χ3v) is 5.31. The summed E-state index contributed by atoms with van der Waals surface area (Å²) in [6.45, 7) is 0.969. The predicted octanol–water partition coefficient (Wildman–Crippen LogP) is 1.73. The van der Waals surface area contributed by atoms with E-state index in [1.54, 1.807) is 12.1 Å². The van der Waals surface area contributed by atoms with Crippen molar-refractivity contribution in [2.24, 2.45) is 0 Å². The standard InChI is InChI=1S/C22H28N6O4/c23-13-17-15-27(21(31)25-19(17)29)11-9-7-5-3-1-2-4-6-8-10-12-28-16-18(14-24)20(30)26-22(28)32/h15-16H,1-12H2,(H,25,29,31)(H,26,30,32). The normalized spacial score (nSPS) is 10.6. The van der Waals surface area contributed by atoms with Crippen LogP contribution in [-0.2, 0) is 13.1 Å². The van der Waals surface area contributed by atoms with Crippen LogP contribution in [0.5, 0.6) is 0 Å². The topological polar surface area (TPSA) is 157 Å². The van der Waals surface area contributed by atoms with E-state index in [1.165, 1.54) is 21.5 Å². The van der Waals surface area contributed by atoms with E-state index in [1.807, 2.05) is 0 Å². The van der Waals surface area contributed by atoms with Gasteiger partial charge < -0.3 is 0 Å². The van der Waals surface area contributed by atoms with Crippen molar-refractivity contribution in [2.75, 3.05) is 0 Å². The van der Waals surface area contributed by atoms with Crippen LogP contribution in [0.1, 0.15) is 75.3 Å². The average Bonchev–Trinajstić information content (AvgIpc) is 2.77. The lowest BCUT2D eigenvalue weighted by Gasteiger charge is -2.06. The molecule has 170 valence electrons. The van der Waals surface area contributed by atoms with E-state index in [0.29, 0.717) is 13.1 Å². The molecular weight excluding hydrogens is 412 g/mol. The summed E-state index contributed by atoms with van der Waals surface area (Å²) in [5.74, 6) is 0. The Kier molecular flexibility index (Phi) is 9.92. The summed E-state index contributed by atoms with van der Waals surface area (Å²) in [6, 6.07) is 3.56. The van der Waals surface area contributed by atoms with Crippen LogP contribution < -0.4 is 22.5 Å². The Labute approximate surface area is 184 Å². The first-order valence-electron chi connectivity index (χ1n) is 10.9. The number of aromatic amines is 2. The zero-order valence-corrected chi connectivity index (χ0v) is 18.1. The van der Waals surface area contributed by atoms with Crippen molar-refractivity contribution < 1.29 is 0 Å². The maximum Gasteiger partial charge on any atom is 0.328 e. The molecule has 0 bridgehead atoms. The van der Waals surface area contributed by atoms with Gasteiger partial charge in [-0.25, -0.2) is 9.59 Å². The van der Waals surface area contributed by atoms with Gasteiger partial charge in [0.2, 0.25) is 0 Å². The van der Waals surface area contributed by atoms with E-state index >= 15 is 0 Å². The second-order valence-corrected chi connectivity index (χ2v) is 7.75. The molecule has 2 aromatic heterocycles.